The Hall–Kier alpha value is -1.60. The molecule has 6 nitrogen and oxygen atoms in total. The third-order valence-corrected chi connectivity index (χ3v) is 4.13. The number of benzene rings is 1. The maximum Gasteiger partial charge on any atom is 0.254 e. The third-order valence-electron chi connectivity index (χ3n) is 3.04. The number of unbranched alkanes of at least 4 members (excludes halogenated alkanes) is 1. The van der Waals surface area contributed by atoms with Gasteiger partial charge < -0.3 is 15.7 Å². The average molecular weight is 314 g/mol. The normalized spacial score (nSPS) is 11.4. The van der Waals surface area contributed by atoms with Gasteiger partial charge in [-0.25, -0.2) is 8.42 Å². The van der Waals surface area contributed by atoms with Gasteiger partial charge in [0, 0.05) is 30.6 Å². The molecule has 0 saturated heterocycles. The number of carbonyl (C=O) groups excluding carboxylic acids is 1. The van der Waals surface area contributed by atoms with Crippen molar-refractivity contribution in [2.75, 3.05) is 31.7 Å². The standard InChI is InChI=1S/C14H22N2O4S/c1-3-4-5-16(6-7-17)14(18)11-8-12(15)10-13(9-11)21(2,19)20/h8-10,17H,3-7,15H2,1-2H3. The Kier molecular flexibility index (Phi) is 6.17. The van der Waals surface area contributed by atoms with Gasteiger partial charge in [-0.3, -0.25) is 4.79 Å². The van der Waals surface area contributed by atoms with E-state index in [1.54, 1.807) is 0 Å². The number of hydrogen-bond acceptors (Lipinski definition) is 5. The zero-order chi connectivity index (χ0) is 16.0. The zero-order valence-electron chi connectivity index (χ0n) is 12.4. The molecule has 1 rings (SSSR count). The monoisotopic (exact) mass is 314 g/mol. The van der Waals surface area contributed by atoms with Gasteiger partial charge in [0.1, 0.15) is 0 Å². The predicted octanol–water partition coefficient (Wildman–Crippen LogP) is 0.907. The molecule has 1 aromatic rings. The number of hydrogen-bond donors (Lipinski definition) is 2. The molecular weight excluding hydrogens is 292 g/mol. The van der Waals surface area contributed by atoms with Crippen molar-refractivity contribution in [3.05, 3.63) is 23.8 Å². The summed E-state index contributed by atoms with van der Waals surface area (Å²) in [6.45, 7) is 2.58. The molecule has 0 aromatic heterocycles. The predicted molar refractivity (Wildman–Crippen MR) is 81.9 cm³/mol. The van der Waals surface area contributed by atoms with E-state index in [4.69, 9.17) is 10.8 Å². The Bertz CT molecular complexity index is 599. The van der Waals surface area contributed by atoms with Crippen molar-refractivity contribution in [3.63, 3.8) is 0 Å². The van der Waals surface area contributed by atoms with Crippen molar-refractivity contribution in [1.29, 1.82) is 0 Å². The number of nitrogen functional groups attached to an aromatic ring is 1. The summed E-state index contributed by atoms with van der Waals surface area (Å²) in [5.74, 6) is -0.324. The maximum absolute atomic E-state index is 12.4. The van der Waals surface area contributed by atoms with E-state index in [0.29, 0.717) is 6.54 Å². The van der Waals surface area contributed by atoms with E-state index >= 15 is 0 Å². The smallest absolute Gasteiger partial charge is 0.254 e. The van der Waals surface area contributed by atoms with Gasteiger partial charge in [-0.2, -0.15) is 0 Å². The fraction of sp³-hybridized carbons (Fsp3) is 0.500. The molecule has 1 aromatic carbocycles. The lowest BCUT2D eigenvalue weighted by atomic mass is 10.1. The highest BCUT2D eigenvalue weighted by molar-refractivity contribution is 7.90. The van der Waals surface area contributed by atoms with E-state index in [0.717, 1.165) is 19.1 Å². The second-order valence-electron chi connectivity index (χ2n) is 4.93. The molecular formula is C14H22N2O4S. The average Bonchev–Trinajstić information content (AvgIpc) is 2.41. The van der Waals surface area contributed by atoms with Crippen LogP contribution in [0.25, 0.3) is 0 Å². The van der Waals surface area contributed by atoms with Crippen LogP contribution < -0.4 is 5.73 Å². The molecule has 0 heterocycles. The van der Waals surface area contributed by atoms with Gasteiger partial charge in [-0.05, 0) is 24.6 Å². The summed E-state index contributed by atoms with van der Waals surface area (Å²) < 4.78 is 23.2. The van der Waals surface area contributed by atoms with Gasteiger partial charge in [0.15, 0.2) is 9.84 Å². The van der Waals surface area contributed by atoms with Gasteiger partial charge in [0.25, 0.3) is 5.91 Å². The number of amides is 1. The molecule has 0 unspecified atom stereocenters. The minimum atomic E-state index is -3.44. The van der Waals surface area contributed by atoms with Crippen LogP contribution in [0.3, 0.4) is 0 Å². The van der Waals surface area contributed by atoms with Crippen LogP contribution >= 0.6 is 0 Å². The van der Waals surface area contributed by atoms with E-state index < -0.39 is 9.84 Å². The van der Waals surface area contributed by atoms with Crippen molar-refractivity contribution in [2.45, 2.75) is 24.7 Å². The minimum absolute atomic E-state index is 0.0188. The number of aliphatic hydroxyl groups is 1. The first-order chi connectivity index (χ1) is 9.79. The van der Waals surface area contributed by atoms with E-state index in [-0.39, 0.29) is 35.2 Å². The molecule has 3 N–H and O–H groups in total. The highest BCUT2D eigenvalue weighted by Gasteiger charge is 2.18. The molecule has 0 fully saturated rings. The highest BCUT2D eigenvalue weighted by Crippen LogP contribution is 2.18. The maximum atomic E-state index is 12.4. The van der Waals surface area contributed by atoms with Gasteiger partial charge in [-0.15, -0.1) is 0 Å². The van der Waals surface area contributed by atoms with E-state index in [2.05, 4.69) is 0 Å². The quantitative estimate of drug-likeness (QED) is 0.728. The molecule has 0 aliphatic carbocycles. The van der Waals surface area contributed by atoms with Crippen LogP contribution in [-0.2, 0) is 9.84 Å². The summed E-state index contributed by atoms with van der Waals surface area (Å²) in [6.07, 6.45) is 2.80. The number of nitrogens with zero attached hydrogens (tertiary/aromatic N) is 1. The molecule has 0 spiro atoms. The third kappa shape index (κ3) is 5.02. The number of nitrogens with two attached hydrogens (primary N) is 1. The van der Waals surface area contributed by atoms with E-state index in [1.165, 1.54) is 23.1 Å². The molecule has 7 heteroatoms. The van der Waals surface area contributed by atoms with Gasteiger partial charge in [0.2, 0.25) is 0 Å². The number of sulfone groups is 1. The second-order valence-corrected chi connectivity index (χ2v) is 6.95. The van der Waals surface area contributed by atoms with Gasteiger partial charge in [0.05, 0.1) is 11.5 Å². The minimum Gasteiger partial charge on any atom is -0.399 e. The zero-order valence-corrected chi connectivity index (χ0v) is 13.2. The first-order valence-corrected chi connectivity index (χ1v) is 8.69. The van der Waals surface area contributed by atoms with Crippen LogP contribution in [-0.4, -0.2) is 50.3 Å². The second kappa shape index (κ2) is 7.42. The van der Waals surface area contributed by atoms with Crippen molar-refractivity contribution in [2.24, 2.45) is 0 Å². The number of rotatable bonds is 7. The highest BCUT2D eigenvalue weighted by atomic mass is 32.2. The summed E-state index contributed by atoms with van der Waals surface area (Å²) in [7, 11) is -3.44. The summed E-state index contributed by atoms with van der Waals surface area (Å²) in [4.78, 5) is 14.0. The fourth-order valence-corrected chi connectivity index (χ4v) is 2.62. The van der Waals surface area contributed by atoms with Crippen LogP contribution in [0.2, 0.25) is 0 Å². The molecule has 0 bridgehead atoms. The summed E-state index contributed by atoms with van der Waals surface area (Å²) >= 11 is 0. The SMILES string of the molecule is CCCCN(CCO)C(=O)c1cc(N)cc(S(C)(=O)=O)c1. The lowest BCUT2D eigenvalue weighted by Gasteiger charge is -2.22. The summed E-state index contributed by atoms with van der Waals surface area (Å²) in [5.41, 5.74) is 6.13. The first kappa shape index (κ1) is 17.5. The Labute approximate surface area is 125 Å². The molecule has 0 aliphatic rings. The number of anilines is 1. The van der Waals surface area contributed by atoms with Crippen LogP contribution in [0, 0.1) is 0 Å². The van der Waals surface area contributed by atoms with Crippen LogP contribution in [0.4, 0.5) is 5.69 Å². The van der Waals surface area contributed by atoms with E-state index in [1.807, 2.05) is 6.92 Å². The van der Waals surface area contributed by atoms with Crippen molar-refractivity contribution >= 4 is 21.4 Å². The lowest BCUT2D eigenvalue weighted by molar-refractivity contribution is 0.0719. The molecule has 1 amide bonds. The van der Waals surface area contributed by atoms with Crippen LogP contribution in [0.5, 0.6) is 0 Å². The first-order valence-electron chi connectivity index (χ1n) is 6.80. The van der Waals surface area contributed by atoms with Crippen molar-refractivity contribution in [1.82, 2.24) is 4.90 Å². The Morgan fingerprint density at radius 2 is 1.95 bits per heavy atom. The topological polar surface area (TPSA) is 101 Å². The largest absolute Gasteiger partial charge is 0.399 e. The molecule has 0 radical (unpaired) electrons. The Morgan fingerprint density at radius 1 is 1.29 bits per heavy atom. The van der Waals surface area contributed by atoms with Crippen LogP contribution in [0.1, 0.15) is 30.1 Å². The molecule has 0 aliphatic heterocycles. The van der Waals surface area contributed by atoms with Crippen LogP contribution in [0.15, 0.2) is 23.1 Å². The molecule has 0 saturated carbocycles. The molecule has 0 atom stereocenters. The van der Waals surface area contributed by atoms with E-state index in [9.17, 15) is 13.2 Å². The lowest BCUT2D eigenvalue weighted by Crippen LogP contribution is -2.34. The van der Waals surface area contributed by atoms with Crippen molar-refractivity contribution in [3.8, 4) is 0 Å². The Morgan fingerprint density at radius 3 is 2.48 bits per heavy atom. The number of carbonyl (C=O) groups is 1. The van der Waals surface area contributed by atoms with Gasteiger partial charge >= 0.3 is 0 Å². The summed E-state index contributed by atoms with van der Waals surface area (Å²) in [6, 6.07) is 4.10. The number of aliphatic hydroxyl groups excluding tert-OH is 1. The molecule has 21 heavy (non-hydrogen) atoms. The Balaban J connectivity index is 3.12. The van der Waals surface area contributed by atoms with Crippen molar-refractivity contribution < 1.29 is 18.3 Å². The fourth-order valence-electron chi connectivity index (χ4n) is 1.93. The molecule has 118 valence electrons. The summed E-state index contributed by atoms with van der Waals surface area (Å²) in [5, 5.41) is 9.06. The van der Waals surface area contributed by atoms with Gasteiger partial charge in [-0.1, -0.05) is 13.3 Å².